The van der Waals surface area contributed by atoms with Crippen LogP contribution in [0.1, 0.15) is 23.5 Å². The molecule has 3 heterocycles. The van der Waals surface area contributed by atoms with Gasteiger partial charge in [0.05, 0.1) is 17.3 Å². The third kappa shape index (κ3) is 3.76. The number of aromatic hydroxyl groups is 1. The lowest BCUT2D eigenvalue weighted by molar-refractivity contribution is 0.438. The molecular formula is C24H17BrFN3O2S. The molecule has 4 aromatic rings. The first-order chi connectivity index (χ1) is 15.5. The third-order valence-electron chi connectivity index (χ3n) is 5.34. The molecule has 160 valence electrons. The second kappa shape index (κ2) is 8.37. The fraction of sp³-hybridized carbons (Fsp3) is 0.0833. The van der Waals surface area contributed by atoms with Gasteiger partial charge in [-0.1, -0.05) is 22.0 Å². The quantitative estimate of drug-likeness (QED) is 0.323. The smallest absolute Gasteiger partial charge is 0.174 e. The van der Waals surface area contributed by atoms with Gasteiger partial charge in [0.1, 0.15) is 29.1 Å². The number of phenols is 1. The number of aromatic nitrogens is 1. The lowest BCUT2D eigenvalue weighted by Crippen LogP contribution is -2.29. The van der Waals surface area contributed by atoms with Crippen LogP contribution in [0.2, 0.25) is 0 Å². The minimum absolute atomic E-state index is 0.163. The number of furan rings is 1. The molecule has 2 aromatic carbocycles. The summed E-state index contributed by atoms with van der Waals surface area (Å²) >= 11 is 8.94. The standard InChI is InChI=1S/C24H17BrFN3O2S/c25-14-4-9-17(18(26)13-14)20-10-11-21(31-20)23-22(19-3-1-2-12-27-19)28-24(32)29(23)15-5-7-16(30)8-6-15/h1-13,22-23,30H,(H,28,32)/t22-,23-/m0/s1. The van der Waals surface area contributed by atoms with Gasteiger partial charge in [-0.05, 0) is 78.9 Å². The van der Waals surface area contributed by atoms with E-state index in [1.165, 1.54) is 6.07 Å². The van der Waals surface area contributed by atoms with E-state index < -0.39 is 0 Å². The van der Waals surface area contributed by atoms with Gasteiger partial charge in [-0.3, -0.25) is 4.98 Å². The molecule has 32 heavy (non-hydrogen) atoms. The summed E-state index contributed by atoms with van der Waals surface area (Å²) in [5.41, 5.74) is 1.96. The molecule has 2 atom stereocenters. The molecule has 0 spiro atoms. The number of hydrogen-bond donors (Lipinski definition) is 2. The van der Waals surface area contributed by atoms with Gasteiger partial charge < -0.3 is 19.7 Å². The highest BCUT2D eigenvalue weighted by molar-refractivity contribution is 9.10. The highest BCUT2D eigenvalue weighted by Gasteiger charge is 2.42. The summed E-state index contributed by atoms with van der Waals surface area (Å²) in [6, 6.07) is 20.3. The van der Waals surface area contributed by atoms with E-state index in [1.807, 2.05) is 29.2 Å². The Morgan fingerprint density at radius 2 is 1.88 bits per heavy atom. The first-order valence-corrected chi connectivity index (χ1v) is 11.1. The zero-order valence-corrected chi connectivity index (χ0v) is 19.0. The van der Waals surface area contributed by atoms with Crippen molar-refractivity contribution in [3.63, 3.8) is 0 Å². The molecule has 0 saturated carbocycles. The normalized spacial score (nSPS) is 18.1. The number of pyridine rings is 1. The Bertz CT molecular complexity index is 1280. The Labute approximate surface area is 197 Å². The summed E-state index contributed by atoms with van der Waals surface area (Å²) < 4.78 is 21.4. The van der Waals surface area contributed by atoms with E-state index in [2.05, 4.69) is 26.2 Å². The molecule has 8 heteroatoms. The molecule has 1 aliphatic rings. The van der Waals surface area contributed by atoms with Crippen LogP contribution in [0, 0.1) is 5.82 Å². The van der Waals surface area contributed by atoms with Crippen molar-refractivity contribution in [3.05, 3.63) is 101 Å². The van der Waals surface area contributed by atoms with Crippen molar-refractivity contribution in [1.29, 1.82) is 0 Å². The Hall–Kier alpha value is -3.23. The number of thiocarbonyl (C=S) groups is 1. The van der Waals surface area contributed by atoms with Crippen LogP contribution in [0.25, 0.3) is 11.3 Å². The molecule has 1 saturated heterocycles. The minimum atomic E-state index is -0.378. The number of benzene rings is 2. The number of nitrogens with zero attached hydrogens (tertiary/aromatic N) is 2. The molecule has 0 amide bonds. The molecule has 0 aliphatic carbocycles. The second-order valence-electron chi connectivity index (χ2n) is 7.34. The Kier molecular flexibility index (Phi) is 5.40. The second-order valence-corrected chi connectivity index (χ2v) is 8.64. The van der Waals surface area contributed by atoms with E-state index in [9.17, 15) is 9.50 Å². The molecule has 2 N–H and O–H groups in total. The number of halogens is 2. The fourth-order valence-electron chi connectivity index (χ4n) is 3.88. The van der Waals surface area contributed by atoms with Crippen LogP contribution >= 0.6 is 28.1 Å². The number of nitrogens with one attached hydrogen (secondary N) is 1. The number of anilines is 1. The van der Waals surface area contributed by atoms with Gasteiger partial charge in [0.25, 0.3) is 0 Å². The third-order valence-corrected chi connectivity index (χ3v) is 6.15. The maximum atomic E-state index is 14.5. The molecule has 0 bridgehead atoms. The van der Waals surface area contributed by atoms with Crippen molar-refractivity contribution < 1.29 is 13.9 Å². The molecule has 1 fully saturated rings. The van der Waals surface area contributed by atoms with Gasteiger partial charge in [-0.2, -0.15) is 0 Å². The molecule has 5 nitrogen and oxygen atoms in total. The topological polar surface area (TPSA) is 61.5 Å². The van der Waals surface area contributed by atoms with E-state index in [1.54, 1.807) is 48.7 Å². The Balaban J connectivity index is 1.60. The van der Waals surface area contributed by atoms with Crippen LogP contribution in [0.15, 0.2) is 87.9 Å². The van der Waals surface area contributed by atoms with E-state index >= 15 is 0 Å². The fourth-order valence-corrected chi connectivity index (χ4v) is 4.56. The average Bonchev–Trinajstić information content (AvgIpc) is 3.39. The summed E-state index contributed by atoms with van der Waals surface area (Å²) in [6.07, 6.45) is 1.73. The largest absolute Gasteiger partial charge is 0.508 e. The maximum Gasteiger partial charge on any atom is 0.174 e. The van der Waals surface area contributed by atoms with Crippen LogP contribution < -0.4 is 10.2 Å². The van der Waals surface area contributed by atoms with Gasteiger partial charge in [0.15, 0.2) is 5.11 Å². The molecule has 1 aliphatic heterocycles. The van der Waals surface area contributed by atoms with Crippen LogP contribution in [0.4, 0.5) is 10.1 Å². The zero-order chi connectivity index (χ0) is 22.2. The van der Waals surface area contributed by atoms with Gasteiger partial charge in [-0.15, -0.1) is 0 Å². The summed E-state index contributed by atoms with van der Waals surface area (Å²) in [5, 5.41) is 13.6. The van der Waals surface area contributed by atoms with E-state index in [-0.39, 0.29) is 23.7 Å². The summed E-state index contributed by atoms with van der Waals surface area (Å²) in [7, 11) is 0. The van der Waals surface area contributed by atoms with Crippen LogP contribution in [-0.4, -0.2) is 15.2 Å². The summed E-state index contributed by atoms with van der Waals surface area (Å²) in [5.74, 6) is 0.819. The summed E-state index contributed by atoms with van der Waals surface area (Å²) in [6.45, 7) is 0. The molecule has 0 unspecified atom stereocenters. The van der Waals surface area contributed by atoms with Crippen molar-refractivity contribution in [3.8, 4) is 17.1 Å². The minimum Gasteiger partial charge on any atom is -0.508 e. The predicted molar refractivity (Wildman–Crippen MR) is 128 cm³/mol. The Morgan fingerprint density at radius 3 is 2.59 bits per heavy atom. The first kappa shape index (κ1) is 20.7. The van der Waals surface area contributed by atoms with Crippen molar-refractivity contribution >= 4 is 38.9 Å². The highest BCUT2D eigenvalue weighted by atomic mass is 79.9. The van der Waals surface area contributed by atoms with Crippen LogP contribution in [0.3, 0.4) is 0 Å². The van der Waals surface area contributed by atoms with Gasteiger partial charge >= 0.3 is 0 Å². The van der Waals surface area contributed by atoms with Crippen molar-refractivity contribution in [2.75, 3.05) is 4.90 Å². The lowest BCUT2D eigenvalue weighted by atomic mass is 10.0. The van der Waals surface area contributed by atoms with Crippen molar-refractivity contribution in [1.82, 2.24) is 10.3 Å². The maximum absolute atomic E-state index is 14.5. The SMILES string of the molecule is Oc1ccc(N2C(=S)N[C@@H](c3ccccn3)[C@@H]2c2ccc(-c3ccc(Br)cc3F)o2)cc1. The monoisotopic (exact) mass is 509 g/mol. The van der Waals surface area contributed by atoms with E-state index in [0.717, 1.165) is 11.4 Å². The van der Waals surface area contributed by atoms with Gasteiger partial charge in [-0.25, -0.2) is 4.39 Å². The molecule has 2 aromatic heterocycles. The molecular weight excluding hydrogens is 493 g/mol. The van der Waals surface area contributed by atoms with Crippen molar-refractivity contribution in [2.24, 2.45) is 0 Å². The summed E-state index contributed by atoms with van der Waals surface area (Å²) in [4.78, 5) is 6.43. The zero-order valence-electron chi connectivity index (χ0n) is 16.6. The van der Waals surface area contributed by atoms with Gasteiger partial charge in [0, 0.05) is 16.4 Å². The van der Waals surface area contributed by atoms with E-state index in [0.29, 0.717) is 26.7 Å². The van der Waals surface area contributed by atoms with Gasteiger partial charge in [0.2, 0.25) is 0 Å². The molecule has 0 radical (unpaired) electrons. The van der Waals surface area contributed by atoms with Crippen LogP contribution in [0.5, 0.6) is 5.75 Å². The molecule has 5 rings (SSSR count). The lowest BCUT2D eigenvalue weighted by Gasteiger charge is -2.26. The number of rotatable bonds is 4. The average molecular weight is 510 g/mol. The number of hydrogen-bond acceptors (Lipinski definition) is 4. The highest BCUT2D eigenvalue weighted by Crippen LogP contribution is 2.43. The first-order valence-electron chi connectivity index (χ1n) is 9.86. The number of phenolic OH excluding ortho intramolecular Hbond substituents is 1. The van der Waals surface area contributed by atoms with E-state index in [4.69, 9.17) is 16.6 Å². The van der Waals surface area contributed by atoms with Crippen molar-refractivity contribution in [2.45, 2.75) is 12.1 Å². The van der Waals surface area contributed by atoms with Crippen LogP contribution in [-0.2, 0) is 0 Å². The predicted octanol–water partition coefficient (Wildman–Crippen LogP) is 6.13. The Morgan fingerprint density at radius 1 is 1.06 bits per heavy atom.